The van der Waals surface area contributed by atoms with Crippen molar-refractivity contribution in [2.75, 3.05) is 19.0 Å². The number of nitrogens with one attached hydrogen (secondary N) is 1. The smallest absolute Gasteiger partial charge is 0.341 e. The topological polar surface area (TPSA) is 60.3 Å². The fourth-order valence-corrected chi connectivity index (χ4v) is 1.55. The molecular weight excluding hydrogens is 184 g/mol. The van der Waals surface area contributed by atoms with Crippen molar-refractivity contribution < 1.29 is 9.53 Å². The van der Waals surface area contributed by atoms with Gasteiger partial charge in [0.15, 0.2) is 0 Å². The monoisotopic (exact) mass is 194 g/mol. The molecule has 5 nitrogen and oxygen atoms in total. The maximum absolute atomic E-state index is 11.3. The fraction of sp³-hybridized carbons (Fsp3) is 0.333. The molecule has 0 saturated heterocycles. The minimum Gasteiger partial charge on any atom is -0.465 e. The molecule has 2 rings (SSSR count). The normalized spacial score (nSPS) is 13.2. The highest BCUT2D eigenvalue weighted by molar-refractivity contribution is 5.94. The molecule has 0 amide bonds. The van der Waals surface area contributed by atoms with E-state index in [-0.39, 0.29) is 5.56 Å². The van der Waals surface area contributed by atoms with Gasteiger partial charge in [-0.3, -0.25) is 9.36 Å². The summed E-state index contributed by atoms with van der Waals surface area (Å²) >= 11 is 0. The number of methoxy groups -OCH3 is 1. The van der Waals surface area contributed by atoms with Crippen molar-refractivity contribution in [3.05, 3.63) is 28.0 Å². The Morgan fingerprint density at radius 3 is 3.07 bits per heavy atom. The molecule has 0 aromatic carbocycles. The SMILES string of the molecule is COC(=O)c1ccc(=O)n2c1NCC2. The summed E-state index contributed by atoms with van der Waals surface area (Å²) in [7, 11) is 1.32. The van der Waals surface area contributed by atoms with Gasteiger partial charge < -0.3 is 10.1 Å². The molecule has 0 unspecified atom stereocenters. The third-order valence-corrected chi connectivity index (χ3v) is 2.22. The van der Waals surface area contributed by atoms with E-state index in [1.54, 1.807) is 0 Å². The highest BCUT2D eigenvalue weighted by atomic mass is 16.5. The van der Waals surface area contributed by atoms with Crippen LogP contribution in [0, 0.1) is 0 Å². The quantitative estimate of drug-likeness (QED) is 0.642. The molecule has 0 spiro atoms. The number of aromatic nitrogens is 1. The van der Waals surface area contributed by atoms with Crippen molar-refractivity contribution in [1.82, 2.24) is 4.57 Å². The van der Waals surface area contributed by atoms with Crippen LogP contribution in [0.2, 0.25) is 0 Å². The fourth-order valence-electron chi connectivity index (χ4n) is 1.55. The Kier molecular flexibility index (Phi) is 1.99. The first-order chi connectivity index (χ1) is 6.74. The van der Waals surface area contributed by atoms with E-state index in [1.165, 1.54) is 23.8 Å². The summed E-state index contributed by atoms with van der Waals surface area (Å²) in [6.45, 7) is 1.27. The summed E-state index contributed by atoms with van der Waals surface area (Å²) in [4.78, 5) is 22.7. The Morgan fingerprint density at radius 1 is 1.57 bits per heavy atom. The third-order valence-electron chi connectivity index (χ3n) is 2.22. The van der Waals surface area contributed by atoms with Crippen LogP contribution < -0.4 is 10.9 Å². The van der Waals surface area contributed by atoms with Crippen molar-refractivity contribution in [1.29, 1.82) is 0 Å². The number of esters is 1. The molecule has 1 aromatic rings. The van der Waals surface area contributed by atoms with Crippen LogP contribution in [0.4, 0.5) is 5.82 Å². The lowest BCUT2D eigenvalue weighted by Gasteiger charge is -2.06. The van der Waals surface area contributed by atoms with E-state index >= 15 is 0 Å². The maximum Gasteiger partial charge on any atom is 0.341 e. The molecular formula is C9H10N2O3. The first-order valence-corrected chi connectivity index (χ1v) is 4.30. The first kappa shape index (κ1) is 8.80. The molecule has 0 aliphatic carbocycles. The summed E-state index contributed by atoms with van der Waals surface area (Å²) in [5.74, 6) is 0.132. The van der Waals surface area contributed by atoms with Gasteiger partial charge in [-0.2, -0.15) is 0 Å². The number of hydrogen-bond acceptors (Lipinski definition) is 4. The Bertz CT molecular complexity index is 436. The summed E-state index contributed by atoms with van der Waals surface area (Å²) < 4.78 is 6.14. The van der Waals surface area contributed by atoms with E-state index in [0.717, 1.165) is 0 Å². The van der Waals surface area contributed by atoms with Gasteiger partial charge in [0.2, 0.25) is 0 Å². The predicted octanol–water partition coefficient (Wildman–Crippen LogP) is 0.0604. The van der Waals surface area contributed by atoms with E-state index in [9.17, 15) is 9.59 Å². The summed E-state index contributed by atoms with van der Waals surface area (Å²) in [5.41, 5.74) is 0.308. The van der Waals surface area contributed by atoms with Crippen molar-refractivity contribution in [3.8, 4) is 0 Å². The number of ether oxygens (including phenoxy) is 1. The lowest BCUT2D eigenvalue weighted by molar-refractivity contribution is 0.0601. The zero-order valence-corrected chi connectivity index (χ0v) is 7.74. The van der Waals surface area contributed by atoms with E-state index in [2.05, 4.69) is 10.1 Å². The molecule has 0 radical (unpaired) electrons. The molecule has 1 N–H and O–H groups in total. The van der Waals surface area contributed by atoms with Crippen LogP contribution >= 0.6 is 0 Å². The van der Waals surface area contributed by atoms with Crippen molar-refractivity contribution in [2.45, 2.75) is 6.54 Å². The van der Waals surface area contributed by atoms with Crippen molar-refractivity contribution in [3.63, 3.8) is 0 Å². The van der Waals surface area contributed by atoms with Crippen LogP contribution in [0.15, 0.2) is 16.9 Å². The first-order valence-electron chi connectivity index (χ1n) is 4.30. The Labute approximate surface area is 80.3 Å². The van der Waals surface area contributed by atoms with Gasteiger partial charge in [0, 0.05) is 19.2 Å². The van der Waals surface area contributed by atoms with Crippen molar-refractivity contribution in [2.24, 2.45) is 0 Å². The van der Waals surface area contributed by atoms with Crippen LogP contribution in [-0.2, 0) is 11.3 Å². The van der Waals surface area contributed by atoms with Gasteiger partial charge in [0.1, 0.15) is 11.4 Å². The zero-order valence-electron chi connectivity index (χ0n) is 7.74. The lowest BCUT2D eigenvalue weighted by Crippen LogP contribution is -2.19. The van der Waals surface area contributed by atoms with Gasteiger partial charge in [-0.05, 0) is 6.07 Å². The van der Waals surface area contributed by atoms with Crippen LogP contribution in [0.3, 0.4) is 0 Å². The summed E-state index contributed by atoms with van der Waals surface area (Å²) in [6, 6.07) is 2.86. The number of fused-ring (bicyclic) bond motifs is 1. The predicted molar refractivity (Wildman–Crippen MR) is 50.5 cm³/mol. The minimum atomic E-state index is -0.428. The molecule has 5 heteroatoms. The average molecular weight is 194 g/mol. The second kappa shape index (κ2) is 3.17. The standard InChI is InChI=1S/C9H10N2O3/c1-14-9(13)6-2-3-7(12)11-5-4-10-8(6)11/h2-3,10H,4-5H2,1H3. The van der Waals surface area contributed by atoms with E-state index in [4.69, 9.17) is 0 Å². The number of hydrogen-bond donors (Lipinski definition) is 1. The molecule has 74 valence electrons. The molecule has 1 aliphatic rings. The minimum absolute atomic E-state index is 0.0994. The highest BCUT2D eigenvalue weighted by Gasteiger charge is 2.19. The van der Waals surface area contributed by atoms with Gasteiger partial charge in [-0.15, -0.1) is 0 Å². The molecule has 2 heterocycles. The second-order valence-corrected chi connectivity index (χ2v) is 3.00. The Hall–Kier alpha value is -1.78. The Morgan fingerprint density at radius 2 is 2.36 bits per heavy atom. The number of nitrogens with zero attached hydrogens (tertiary/aromatic N) is 1. The molecule has 1 aliphatic heterocycles. The lowest BCUT2D eigenvalue weighted by atomic mass is 10.2. The van der Waals surface area contributed by atoms with Gasteiger partial charge in [0.05, 0.1) is 7.11 Å². The number of pyridine rings is 1. The molecule has 0 saturated carbocycles. The van der Waals surface area contributed by atoms with Gasteiger partial charge in [0.25, 0.3) is 5.56 Å². The second-order valence-electron chi connectivity index (χ2n) is 3.00. The Balaban J connectivity index is 2.59. The van der Waals surface area contributed by atoms with Crippen molar-refractivity contribution >= 4 is 11.8 Å². The third kappa shape index (κ3) is 1.17. The van der Waals surface area contributed by atoms with Gasteiger partial charge in [-0.25, -0.2) is 4.79 Å². The van der Waals surface area contributed by atoms with E-state index in [0.29, 0.717) is 24.5 Å². The highest BCUT2D eigenvalue weighted by Crippen LogP contribution is 2.17. The van der Waals surface area contributed by atoms with E-state index in [1.807, 2.05) is 0 Å². The molecule has 14 heavy (non-hydrogen) atoms. The number of anilines is 1. The van der Waals surface area contributed by atoms with Crippen LogP contribution in [0.1, 0.15) is 10.4 Å². The van der Waals surface area contributed by atoms with Crippen LogP contribution in [0.5, 0.6) is 0 Å². The van der Waals surface area contributed by atoms with E-state index < -0.39 is 5.97 Å². The molecule has 0 bridgehead atoms. The number of rotatable bonds is 1. The summed E-state index contributed by atoms with van der Waals surface area (Å²) in [6.07, 6.45) is 0. The van der Waals surface area contributed by atoms with Crippen LogP contribution in [0.25, 0.3) is 0 Å². The number of carbonyl (C=O) groups is 1. The number of carbonyl (C=O) groups excluding carboxylic acids is 1. The maximum atomic E-state index is 11.3. The average Bonchev–Trinajstić information content (AvgIpc) is 2.67. The molecule has 1 aromatic heterocycles. The van der Waals surface area contributed by atoms with Gasteiger partial charge in [-0.1, -0.05) is 0 Å². The van der Waals surface area contributed by atoms with Crippen LogP contribution in [-0.4, -0.2) is 24.2 Å². The largest absolute Gasteiger partial charge is 0.465 e. The molecule has 0 fully saturated rings. The summed E-state index contributed by atoms with van der Waals surface area (Å²) in [5, 5.41) is 2.99. The van der Waals surface area contributed by atoms with Gasteiger partial charge >= 0.3 is 5.97 Å². The zero-order chi connectivity index (χ0) is 10.1. The molecule has 0 atom stereocenters.